The summed E-state index contributed by atoms with van der Waals surface area (Å²) in [5.41, 5.74) is 0.362. The zero-order valence-electron chi connectivity index (χ0n) is 13.9. The Morgan fingerprint density at radius 1 is 1.04 bits per heavy atom. The van der Waals surface area contributed by atoms with Gasteiger partial charge in [-0.2, -0.15) is 0 Å². The summed E-state index contributed by atoms with van der Waals surface area (Å²) in [4.78, 5) is 47.9. The van der Waals surface area contributed by atoms with Crippen LogP contribution in [0.15, 0.2) is 30.3 Å². The van der Waals surface area contributed by atoms with E-state index in [9.17, 15) is 19.2 Å². The van der Waals surface area contributed by atoms with Crippen molar-refractivity contribution in [3.8, 4) is 0 Å². The number of ether oxygens (including phenoxy) is 1. The number of hydrogen-bond donors (Lipinski definition) is 1. The third-order valence-electron chi connectivity index (χ3n) is 5.02. The van der Waals surface area contributed by atoms with Crippen LogP contribution in [-0.2, 0) is 19.1 Å². The van der Waals surface area contributed by atoms with Gasteiger partial charge in [-0.1, -0.05) is 24.6 Å². The molecule has 0 saturated heterocycles. The Hall–Kier alpha value is -2.50. The zero-order valence-corrected chi connectivity index (χ0v) is 13.9. The van der Waals surface area contributed by atoms with E-state index in [0.717, 1.165) is 19.3 Å². The molecule has 0 heterocycles. The first kappa shape index (κ1) is 17.3. The molecule has 3 rings (SSSR count). The van der Waals surface area contributed by atoms with Gasteiger partial charge in [0.25, 0.3) is 11.8 Å². The van der Waals surface area contributed by atoms with Gasteiger partial charge in [0.05, 0.1) is 5.92 Å². The average Bonchev–Trinajstić information content (AvgIpc) is 2.60. The van der Waals surface area contributed by atoms with Crippen molar-refractivity contribution in [2.45, 2.75) is 32.1 Å². The number of carbonyl (C=O) groups excluding carboxylic acids is 4. The van der Waals surface area contributed by atoms with E-state index in [1.165, 1.54) is 0 Å². The Morgan fingerprint density at radius 2 is 1.68 bits per heavy atom. The Kier molecular flexibility index (Phi) is 5.26. The topological polar surface area (TPSA) is 89.5 Å². The molecule has 2 atom stereocenters. The standard InChI is InChI=1S/C19H21NO5/c21-16(20-18(23)12-5-2-1-3-6-12)11-25-19(24)15-9-13-7-4-8-14(10-15)17(13)22/h1-3,5-6,13-15H,4,7-11H2,(H,20,21,23)/t13-,14-/m0/s1. The van der Waals surface area contributed by atoms with E-state index < -0.39 is 24.4 Å². The maximum Gasteiger partial charge on any atom is 0.309 e. The lowest BCUT2D eigenvalue weighted by Gasteiger charge is -2.36. The second-order valence-corrected chi connectivity index (χ2v) is 6.75. The smallest absolute Gasteiger partial charge is 0.309 e. The van der Waals surface area contributed by atoms with Crippen LogP contribution in [0.2, 0.25) is 0 Å². The van der Waals surface area contributed by atoms with Crippen molar-refractivity contribution in [1.82, 2.24) is 5.32 Å². The molecule has 2 bridgehead atoms. The predicted molar refractivity (Wildman–Crippen MR) is 88.4 cm³/mol. The van der Waals surface area contributed by atoms with Gasteiger partial charge in [-0.15, -0.1) is 0 Å². The molecule has 132 valence electrons. The molecule has 0 radical (unpaired) electrons. The molecule has 1 aromatic carbocycles. The minimum absolute atomic E-state index is 0.0430. The number of nitrogens with one attached hydrogen (secondary N) is 1. The molecule has 25 heavy (non-hydrogen) atoms. The summed E-state index contributed by atoms with van der Waals surface area (Å²) in [6.45, 7) is -0.489. The van der Waals surface area contributed by atoms with E-state index in [2.05, 4.69) is 5.32 Å². The van der Waals surface area contributed by atoms with Crippen molar-refractivity contribution in [2.75, 3.05) is 6.61 Å². The van der Waals surface area contributed by atoms with Gasteiger partial charge in [0.1, 0.15) is 5.78 Å². The fourth-order valence-corrected chi connectivity index (χ4v) is 3.75. The maximum atomic E-state index is 12.2. The minimum atomic E-state index is -0.658. The summed E-state index contributed by atoms with van der Waals surface area (Å²) in [5.74, 6) is -1.77. The van der Waals surface area contributed by atoms with Crippen molar-refractivity contribution in [1.29, 1.82) is 0 Å². The van der Waals surface area contributed by atoms with Gasteiger partial charge in [0.15, 0.2) is 6.61 Å². The Labute approximate surface area is 145 Å². The highest BCUT2D eigenvalue weighted by Gasteiger charge is 2.41. The van der Waals surface area contributed by atoms with E-state index in [1.54, 1.807) is 30.3 Å². The van der Waals surface area contributed by atoms with Crippen LogP contribution in [0.5, 0.6) is 0 Å². The molecule has 0 spiro atoms. The second kappa shape index (κ2) is 7.59. The number of imide groups is 1. The number of hydrogen-bond acceptors (Lipinski definition) is 5. The Balaban J connectivity index is 1.47. The molecule has 1 N–H and O–H groups in total. The summed E-state index contributed by atoms with van der Waals surface area (Å²) in [7, 11) is 0. The maximum absolute atomic E-state index is 12.2. The van der Waals surface area contributed by atoms with Gasteiger partial charge in [-0.3, -0.25) is 24.5 Å². The molecule has 0 unspecified atom stereocenters. The zero-order chi connectivity index (χ0) is 17.8. The lowest BCUT2D eigenvalue weighted by atomic mass is 9.67. The molecule has 2 aliphatic rings. The second-order valence-electron chi connectivity index (χ2n) is 6.75. The molecular weight excluding hydrogens is 322 g/mol. The minimum Gasteiger partial charge on any atom is -0.455 e. The van der Waals surface area contributed by atoms with Crippen molar-refractivity contribution in [3.63, 3.8) is 0 Å². The average molecular weight is 343 g/mol. The van der Waals surface area contributed by atoms with Crippen molar-refractivity contribution in [3.05, 3.63) is 35.9 Å². The van der Waals surface area contributed by atoms with Gasteiger partial charge in [-0.25, -0.2) is 0 Å². The molecule has 0 aromatic heterocycles. The molecule has 0 aliphatic heterocycles. The first-order valence-electron chi connectivity index (χ1n) is 8.64. The number of fused-ring (bicyclic) bond motifs is 2. The molecule has 6 heteroatoms. The van der Waals surface area contributed by atoms with Gasteiger partial charge in [0, 0.05) is 17.4 Å². The lowest BCUT2D eigenvalue weighted by Crippen LogP contribution is -2.40. The van der Waals surface area contributed by atoms with Crippen LogP contribution in [0.4, 0.5) is 0 Å². The SMILES string of the molecule is O=C(COC(=O)C1C[C@@H]2CCC[C@@H](C1)C2=O)NC(=O)c1ccccc1. The molecule has 2 saturated carbocycles. The van der Waals surface area contributed by atoms with Crippen LogP contribution in [0.1, 0.15) is 42.5 Å². The Bertz CT molecular complexity index is 668. The first-order chi connectivity index (χ1) is 12.0. The third kappa shape index (κ3) is 4.13. The fourth-order valence-electron chi connectivity index (χ4n) is 3.75. The molecule has 2 fully saturated rings. The molecule has 2 amide bonds. The number of ketones is 1. The first-order valence-corrected chi connectivity index (χ1v) is 8.64. The predicted octanol–water partition coefficient (Wildman–Crippen LogP) is 1.88. The third-order valence-corrected chi connectivity index (χ3v) is 5.02. The van der Waals surface area contributed by atoms with Gasteiger partial charge < -0.3 is 4.74 Å². The summed E-state index contributed by atoms with van der Waals surface area (Å²) in [6.07, 6.45) is 3.74. The van der Waals surface area contributed by atoms with E-state index in [1.807, 2.05) is 0 Å². The van der Waals surface area contributed by atoms with Crippen molar-refractivity contribution >= 4 is 23.6 Å². The number of amides is 2. The number of Topliss-reactive ketones (excluding diaryl/α,β-unsaturated/α-hetero) is 1. The van der Waals surface area contributed by atoms with Crippen LogP contribution < -0.4 is 5.32 Å². The van der Waals surface area contributed by atoms with Gasteiger partial charge in [-0.05, 0) is 37.8 Å². The van der Waals surface area contributed by atoms with E-state index in [0.29, 0.717) is 18.4 Å². The number of benzene rings is 1. The summed E-state index contributed by atoms with van der Waals surface area (Å²) in [5, 5.41) is 2.19. The van der Waals surface area contributed by atoms with Crippen molar-refractivity contribution in [2.24, 2.45) is 17.8 Å². The van der Waals surface area contributed by atoms with Crippen LogP contribution >= 0.6 is 0 Å². The lowest BCUT2D eigenvalue weighted by molar-refractivity contribution is -0.156. The largest absolute Gasteiger partial charge is 0.455 e. The van der Waals surface area contributed by atoms with E-state index in [4.69, 9.17) is 4.74 Å². The van der Waals surface area contributed by atoms with Gasteiger partial charge in [0.2, 0.25) is 0 Å². The molecule has 6 nitrogen and oxygen atoms in total. The van der Waals surface area contributed by atoms with Crippen LogP contribution in [0, 0.1) is 17.8 Å². The normalized spacial score (nSPS) is 25.1. The summed E-state index contributed by atoms with van der Waals surface area (Å²) >= 11 is 0. The molecule has 1 aromatic rings. The van der Waals surface area contributed by atoms with Gasteiger partial charge >= 0.3 is 5.97 Å². The molecular formula is C19H21NO5. The number of rotatable bonds is 4. The van der Waals surface area contributed by atoms with E-state index >= 15 is 0 Å². The highest BCUT2D eigenvalue weighted by molar-refractivity contribution is 6.05. The van der Waals surface area contributed by atoms with Crippen molar-refractivity contribution < 1.29 is 23.9 Å². The highest BCUT2D eigenvalue weighted by atomic mass is 16.5. The number of esters is 1. The van der Waals surface area contributed by atoms with Crippen LogP contribution in [0.3, 0.4) is 0 Å². The fraction of sp³-hybridized carbons (Fsp3) is 0.474. The monoisotopic (exact) mass is 343 g/mol. The summed E-state index contributed by atoms with van der Waals surface area (Å²) < 4.78 is 5.07. The van der Waals surface area contributed by atoms with E-state index in [-0.39, 0.29) is 23.5 Å². The quantitative estimate of drug-likeness (QED) is 0.843. The van der Waals surface area contributed by atoms with Crippen LogP contribution in [0.25, 0.3) is 0 Å². The number of carbonyl (C=O) groups is 4. The molecule has 2 aliphatic carbocycles. The van der Waals surface area contributed by atoms with Crippen LogP contribution in [-0.4, -0.2) is 30.2 Å². The highest BCUT2D eigenvalue weighted by Crippen LogP contribution is 2.40. The summed E-state index contributed by atoms with van der Waals surface area (Å²) in [6, 6.07) is 8.34. The Morgan fingerprint density at radius 3 is 2.32 bits per heavy atom.